The first kappa shape index (κ1) is 18.2. The van der Waals surface area contributed by atoms with Crippen molar-refractivity contribution >= 4 is 23.2 Å². The highest BCUT2D eigenvalue weighted by molar-refractivity contribution is 5.98. The van der Waals surface area contributed by atoms with Crippen LogP contribution in [-0.2, 0) is 9.59 Å². The fraction of sp³-hybridized carbons (Fsp3) is 0.529. The van der Waals surface area contributed by atoms with Crippen molar-refractivity contribution in [1.29, 1.82) is 0 Å². The van der Waals surface area contributed by atoms with Crippen molar-refractivity contribution in [3.63, 3.8) is 0 Å². The molecule has 1 aliphatic heterocycles. The molecular formula is C17H25FN4O2. The van der Waals surface area contributed by atoms with E-state index in [1.54, 1.807) is 12.1 Å². The van der Waals surface area contributed by atoms with Gasteiger partial charge in [0.05, 0.1) is 18.3 Å². The van der Waals surface area contributed by atoms with Gasteiger partial charge in [0.25, 0.3) is 0 Å². The van der Waals surface area contributed by atoms with Crippen LogP contribution in [0.15, 0.2) is 18.2 Å². The van der Waals surface area contributed by atoms with Crippen LogP contribution < -0.4 is 21.3 Å². The number of para-hydroxylation sites is 1. The van der Waals surface area contributed by atoms with E-state index in [1.165, 1.54) is 6.07 Å². The standard InChI is InChI=1S/C17H25FN4O2/c1-11(2)15(19)17(24)20-10-14(23)21-16-12(18)6-5-7-13(16)22-8-3-4-9-22/h5-7,11,15H,3-4,8-10,19H2,1-2H3,(H,20,24)(H,21,23)/t15-/m0/s1. The van der Waals surface area contributed by atoms with Gasteiger partial charge in [0.1, 0.15) is 11.5 Å². The van der Waals surface area contributed by atoms with Gasteiger partial charge in [0.2, 0.25) is 11.8 Å². The molecule has 0 unspecified atom stereocenters. The third kappa shape index (κ3) is 4.44. The summed E-state index contributed by atoms with van der Waals surface area (Å²) < 4.78 is 14.1. The van der Waals surface area contributed by atoms with E-state index in [-0.39, 0.29) is 18.2 Å². The highest BCUT2D eigenvalue weighted by atomic mass is 19.1. The molecule has 0 saturated carbocycles. The first-order chi connectivity index (χ1) is 11.4. The van der Waals surface area contributed by atoms with Crippen LogP contribution in [0.5, 0.6) is 0 Å². The van der Waals surface area contributed by atoms with Crippen molar-refractivity contribution in [1.82, 2.24) is 5.32 Å². The molecule has 7 heteroatoms. The number of nitrogens with zero attached hydrogens (tertiary/aromatic N) is 1. The molecule has 132 valence electrons. The minimum absolute atomic E-state index is 0.0265. The summed E-state index contributed by atoms with van der Waals surface area (Å²) in [6.45, 7) is 5.09. The first-order valence-corrected chi connectivity index (χ1v) is 8.26. The molecule has 24 heavy (non-hydrogen) atoms. The Morgan fingerprint density at radius 3 is 2.58 bits per heavy atom. The first-order valence-electron chi connectivity index (χ1n) is 8.26. The van der Waals surface area contributed by atoms with Crippen LogP contribution in [0.3, 0.4) is 0 Å². The largest absolute Gasteiger partial charge is 0.370 e. The minimum atomic E-state index is -0.675. The third-order valence-electron chi connectivity index (χ3n) is 4.15. The molecule has 0 spiro atoms. The minimum Gasteiger partial charge on any atom is -0.370 e. The molecule has 1 atom stereocenters. The lowest BCUT2D eigenvalue weighted by Crippen LogP contribution is -2.46. The summed E-state index contributed by atoms with van der Waals surface area (Å²) in [5.41, 5.74) is 6.55. The average molecular weight is 336 g/mol. The molecule has 6 nitrogen and oxygen atoms in total. The quantitative estimate of drug-likeness (QED) is 0.734. The number of carbonyl (C=O) groups is 2. The Labute approximate surface area is 141 Å². The zero-order chi connectivity index (χ0) is 17.7. The highest BCUT2D eigenvalue weighted by Crippen LogP contribution is 2.31. The Balaban J connectivity index is 2.00. The van der Waals surface area contributed by atoms with Gasteiger partial charge in [0.15, 0.2) is 0 Å². The lowest BCUT2D eigenvalue weighted by Gasteiger charge is -2.22. The topological polar surface area (TPSA) is 87.5 Å². The van der Waals surface area contributed by atoms with E-state index >= 15 is 0 Å². The predicted octanol–water partition coefficient (Wildman–Crippen LogP) is 1.46. The zero-order valence-corrected chi connectivity index (χ0v) is 14.1. The van der Waals surface area contributed by atoms with Gasteiger partial charge >= 0.3 is 0 Å². The van der Waals surface area contributed by atoms with Crippen molar-refractivity contribution in [2.24, 2.45) is 11.7 Å². The number of anilines is 2. The summed E-state index contributed by atoms with van der Waals surface area (Å²) >= 11 is 0. The van der Waals surface area contributed by atoms with E-state index in [1.807, 2.05) is 18.7 Å². The summed E-state index contributed by atoms with van der Waals surface area (Å²) in [6, 6.07) is 4.05. The molecule has 1 heterocycles. The second kappa shape index (κ2) is 8.10. The Bertz CT molecular complexity index is 600. The second-order valence-corrected chi connectivity index (χ2v) is 6.36. The number of halogens is 1. The molecule has 2 amide bonds. The number of amides is 2. The number of nitrogens with two attached hydrogens (primary N) is 1. The Kier molecular flexibility index (Phi) is 6.14. The van der Waals surface area contributed by atoms with E-state index in [2.05, 4.69) is 10.6 Å². The normalized spacial score (nSPS) is 15.5. The predicted molar refractivity (Wildman–Crippen MR) is 92.3 cm³/mol. The number of nitrogens with one attached hydrogen (secondary N) is 2. The van der Waals surface area contributed by atoms with E-state index in [0.29, 0.717) is 5.69 Å². The monoisotopic (exact) mass is 336 g/mol. The van der Waals surface area contributed by atoms with Crippen LogP contribution >= 0.6 is 0 Å². The van der Waals surface area contributed by atoms with Gasteiger partial charge in [-0.05, 0) is 30.9 Å². The number of benzene rings is 1. The van der Waals surface area contributed by atoms with Crippen molar-refractivity contribution in [3.8, 4) is 0 Å². The number of hydrogen-bond donors (Lipinski definition) is 3. The Morgan fingerprint density at radius 2 is 1.96 bits per heavy atom. The van der Waals surface area contributed by atoms with Crippen molar-refractivity contribution in [3.05, 3.63) is 24.0 Å². The maximum absolute atomic E-state index is 14.1. The maximum Gasteiger partial charge on any atom is 0.243 e. The SMILES string of the molecule is CC(C)[C@H](N)C(=O)NCC(=O)Nc1c(F)cccc1N1CCCC1. The number of carbonyl (C=O) groups excluding carboxylic acids is 2. The van der Waals surface area contributed by atoms with E-state index in [4.69, 9.17) is 5.73 Å². The summed E-state index contributed by atoms with van der Waals surface area (Å²) in [7, 11) is 0. The van der Waals surface area contributed by atoms with E-state index in [0.717, 1.165) is 25.9 Å². The lowest BCUT2D eigenvalue weighted by atomic mass is 10.1. The average Bonchev–Trinajstić information content (AvgIpc) is 3.07. The fourth-order valence-corrected chi connectivity index (χ4v) is 2.63. The maximum atomic E-state index is 14.1. The summed E-state index contributed by atoms with van der Waals surface area (Å²) in [6.07, 6.45) is 2.10. The van der Waals surface area contributed by atoms with Crippen LogP contribution in [0, 0.1) is 11.7 Å². The van der Waals surface area contributed by atoms with Crippen LogP contribution in [0.4, 0.5) is 15.8 Å². The van der Waals surface area contributed by atoms with Gasteiger partial charge in [-0.25, -0.2) is 4.39 Å². The third-order valence-corrected chi connectivity index (χ3v) is 4.15. The molecule has 0 aliphatic carbocycles. The molecule has 1 saturated heterocycles. The smallest absolute Gasteiger partial charge is 0.243 e. The Hall–Kier alpha value is -2.15. The second-order valence-electron chi connectivity index (χ2n) is 6.36. The Morgan fingerprint density at radius 1 is 1.29 bits per heavy atom. The van der Waals surface area contributed by atoms with Crippen molar-refractivity contribution in [2.45, 2.75) is 32.7 Å². The van der Waals surface area contributed by atoms with Gasteiger partial charge in [-0.15, -0.1) is 0 Å². The summed E-state index contributed by atoms with van der Waals surface area (Å²) in [5, 5.41) is 5.05. The number of rotatable bonds is 6. The number of hydrogen-bond acceptors (Lipinski definition) is 4. The molecule has 1 aliphatic rings. The van der Waals surface area contributed by atoms with Crippen molar-refractivity contribution < 1.29 is 14.0 Å². The molecule has 0 aromatic heterocycles. The van der Waals surface area contributed by atoms with Crippen LogP contribution in [0.2, 0.25) is 0 Å². The molecule has 0 bridgehead atoms. The van der Waals surface area contributed by atoms with E-state index in [9.17, 15) is 14.0 Å². The van der Waals surface area contributed by atoms with Crippen LogP contribution in [0.1, 0.15) is 26.7 Å². The molecular weight excluding hydrogens is 311 g/mol. The van der Waals surface area contributed by atoms with Gasteiger partial charge in [-0.3, -0.25) is 9.59 Å². The van der Waals surface area contributed by atoms with Gasteiger partial charge in [-0.1, -0.05) is 19.9 Å². The van der Waals surface area contributed by atoms with Gasteiger partial charge < -0.3 is 21.3 Å². The molecule has 1 aromatic carbocycles. The van der Waals surface area contributed by atoms with Crippen LogP contribution in [-0.4, -0.2) is 37.5 Å². The molecule has 0 radical (unpaired) electrons. The summed E-state index contributed by atoms with van der Waals surface area (Å²) in [5.74, 6) is -1.39. The lowest BCUT2D eigenvalue weighted by molar-refractivity contribution is -0.125. The molecule has 1 fully saturated rings. The molecule has 1 aromatic rings. The van der Waals surface area contributed by atoms with Gasteiger partial charge in [0, 0.05) is 13.1 Å². The van der Waals surface area contributed by atoms with E-state index < -0.39 is 23.7 Å². The molecule has 2 rings (SSSR count). The highest BCUT2D eigenvalue weighted by Gasteiger charge is 2.21. The molecule has 4 N–H and O–H groups in total. The zero-order valence-electron chi connectivity index (χ0n) is 14.1. The van der Waals surface area contributed by atoms with Crippen molar-refractivity contribution in [2.75, 3.05) is 29.9 Å². The van der Waals surface area contributed by atoms with Crippen LogP contribution in [0.25, 0.3) is 0 Å². The fourth-order valence-electron chi connectivity index (χ4n) is 2.63. The van der Waals surface area contributed by atoms with Gasteiger partial charge in [-0.2, -0.15) is 0 Å². The summed E-state index contributed by atoms with van der Waals surface area (Å²) in [4.78, 5) is 25.9.